The minimum absolute atomic E-state index is 0.0150. The molecule has 0 radical (unpaired) electrons. The number of esters is 1. The van der Waals surface area contributed by atoms with E-state index in [1.54, 1.807) is 6.92 Å². The van der Waals surface area contributed by atoms with Crippen molar-refractivity contribution in [3.63, 3.8) is 0 Å². The number of carbonyl (C=O) groups excluding carboxylic acids is 2. The molecule has 6 rings (SSSR count). The van der Waals surface area contributed by atoms with E-state index in [1.165, 1.54) is 18.1 Å². The molecular weight excluding hydrogens is 665 g/mol. The Morgan fingerprint density at radius 3 is 1.94 bits per heavy atom. The number of nitrogens with one attached hydrogen (secondary N) is 1. The minimum atomic E-state index is -0.874. The van der Waals surface area contributed by atoms with E-state index < -0.39 is 18.4 Å². The number of ether oxygens (including phenoxy) is 3. The van der Waals surface area contributed by atoms with Crippen molar-refractivity contribution in [3.05, 3.63) is 167 Å². The molecule has 1 aliphatic heterocycles. The molecule has 1 fully saturated rings. The highest BCUT2D eigenvalue weighted by molar-refractivity contribution is 5.83. The van der Waals surface area contributed by atoms with Crippen LogP contribution in [0.15, 0.2) is 133 Å². The second-order valence-corrected chi connectivity index (χ2v) is 13.7. The number of aliphatic hydroxyl groups excluding tert-OH is 1. The summed E-state index contributed by atoms with van der Waals surface area (Å²) in [7, 11) is 0. The Hall–Kier alpha value is -5.12. The number of hydrogen-bond donors (Lipinski definition) is 2. The molecule has 274 valence electrons. The number of aliphatic hydroxyl groups is 1. The van der Waals surface area contributed by atoms with Crippen LogP contribution in [-0.4, -0.2) is 40.6 Å². The van der Waals surface area contributed by atoms with E-state index in [2.05, 4.69) is 77.8 Å². The highest BCUT2D eigenvalue weighted by atomic mass is 16.7. The molecule has 1 amide bonds. The monoisotopic (exact) mass is 712 g/mol. The van der Waals surface area contributed by atoms with Crippen molar-refractivity contribution in [1.82, 2.24) is 10.2 Å². The molecule has 0 spiro atoms. The Labute approximate surface area is 312 Å². The first-order valence-corrected chi connectivity index (χ1v) is 18.2. The number of nitrogens with zero attached hydrogens (tertiary/aromatic N) is 1. The van der Waals surface area contributed by atoms with Crippen LogP contribution in [0.25, 0.3) is 11.1 Å². The number of rotatable bonds is 14. The van der Waals surface area contributed by atoms with Crippen LogP contribution in [0.5, 0.6) is 0 Å². The first-order valence-electron chi connectivity index (χ1n) is 18.2. The van der Waals surface area contributed by atoms with Gasteiger partial charge in [-0.15, -0.1) is 0 Å². The zero-order chi connectivity index (χ0) is 37.2. The maximum Gasteiger partial charge on any atom is 0.303 e. The fourth-order valence-corrected chi connectivity index (χ4v) is 6.86. The summed E-state index contributed by atoms with van der Waals surface area (Å²) in [6.45, 7) is 7.57. The average Bonchev–Trinajstić information content (AvgIpc) is 3.18. The maximum absolute atomic E-state index is 12.5. The zero-order valence-electron chi connectivity index (χ0n) is 30.6. The van der Waals surface area contributed by atoms with Crippen molar-refractivity contribution in [2.45, 2.75) is 71.6 Å². The van der Waals surface area contributed by atoms with Gasteiger partial charge in [-0.1, -0.05) is 140 Å². The lowest BCUT2D eigenvalue weighted by molar-refractivity contribution is -0.276. The third-order valence-electron chi connectivity index (χ3n) is 9.74. The first kappa shape index (κ1) is 37.6. The van der Waals surface area contributed by atoms with Crippen molar-refractivity contribution in [2.75, 3.05) is 6.54 Å². The number of hydrogen-bond acceptors (Lipinski definition) is 7. The van der Waals surface area contributed by atoms with Gasteiger partial charge in [0.05, 0.1) is 18.8 Å². The normalized spacial score (nSPS) is 19.0. The van der Waals surface area contributed by atoms with E-state index in [0.717, 1.165) is 46.5 Å². The topological polar surface area (TPSA) is 97.3 Å². The Morgan fingerprint density at radius 1 is 0.755 bits per heavy atom. The van der Waals surface area contributed by atoms with Gasteiger partial charge in [0.15, 0.2) is 12.4 Å². The van der Waals surface area contributed by atoms with Gasteiger partial charge in [-0.05, 0) is 45.9 Å². The van der Waals surface area contributed by atoms with Crippen molar-refractivity contribution < 1.29 is 28.9 Å². The van der Waals surface area contributed by atoms with E-state index in [4.69, 9.17) is 14.2 Å². The fraction of sp³-hybridized carbons (Fsp3) is 0.289. The smallest absolute Gasteiger partial charge is 0.303 e. The van der Waals surface area contributed by atoms with E-state index in [-0.39, 0.29) is 37.2 Å². The molecule has 2 N–H and O–H groups in total. The second kappa shape index (κ2) is 18.1. The van der Waals surface area contributed by atoms with Crippen LogP contribution in [0.1, 0.15) is 66.5 Å². The van der Waals surface area contributed by atoms with Crippen molar-refractivity contribution >= 4 is 11.9 Å². The molecule has 1 heterocycles. The molecule has 0 saturated carbocycles. The molecule has 0 bridgehead atoms. The molecule has 1 saturated heterocycles. The molecule has 0 aromatic heterocycles. The number of carbonyl (C=O) groups is 2. The molecule has 1 aliphatic rings. The Kier molecular flexibility index (Phi) is 12.8. The number of benzene rings is 5. The molecule has 5 aromatic carbocycles. The minimum Gasteiger partial charge on any atom is -0.453 e. The molecule has 5 aromatic rings. The van der Waals surface area contributed by atoms with Crippen LogP contribution in [0.2, 0.25) is 0 Å². The molecule has 53 heavy (non-hydrogen) atoms. The summed E-state index contributed by atoms with van der Waals surface area (Å²) in [5.74, 6) is -0.819. The Balaban J connectivity index is 1.25. The van der Waals surface area contributed by atoms with Gasteiger partial charge in [-0.2, -0.15) is 0 Å². The lowest BCUT2D eigenvalue weighted by Gasteiger charge is -2.43. The summed E-state index contributed by atoms with van der Waals surface area (Å²) in [5.41, 5.74) is 8.19. The van der Waals surface area contributed by atoms with Crippen LogP contribution >= 0.6 is 0 Å². The third kappa shape index (κ3) is 10.1. The van der Waals surface area contributed by atoms with Gasteiger partial charge in [-0.25, -0.2) is 0 Å². The number of amides is 1. The van der Waals surface area contributed by atoms with Gasteiger partial charge in [-0.3, -0.25) is 14.5 Å². The standard InChI is InChI=1S/C45H48N2O6/c1-31-42(29-47(27-34-12-6-4-7-13-34)28-35-14-8-5-9-15-35)52-45(53-43(31)38-20-18-36(30-48)19-21-38)39-24-22-37(23-25-39)41-17-11-10-16-40(41)26-46-44(50)32(2)51-33(3)49/h4-25,31-32,42-43,45,48H,26-30H2,1-3H3,(H,46,50). The van der Waals surface area contributed by atoms with Crippen molar-refractivity contribution in [2.24, 2.45) is 5.92 Å². The summed E-state index contributed by atoms with van der Waals surface area (Å²) in [6.07, 6.45) is -1.87. The van der Waals surface area contributed by atoms with Crippen LogP contribution in [0.4, 0.5) is 0 Å². The van der Waals surface area contributed by atoms with Gasteiger partial charge in [0.25, 0.3) is 5.91 Å². The van der Waals surface area contributed by atoms with Gasteiger partial charge in [0, 0.05) is 44.6 Å². The van der Waals surface area contributed by atoms with Crippen LogP contribution < -0.4 is 5.32 Å². The first-order chi connectivity index (χ1) is 25.8. The largest absolute Gasteiger partial charge is 0.453 e. The predicted octanol–water partition coefficient (Wildman–Crippen LogP) is 7.91. The summed E-state index contributed by atoms with van der Waals surface area (Å²) in [4.78, 5) is 26.3. The quantitative estimate of drug-likeness (QED) is 0.113. The maximum atomic E-state index is 12.5. The highest BCUT2D eigenvalue weighted by Crippen LogP contribution is 2.42. The van der Waals surface area contributed by atoms with E-state index in [0.29, 0.717) is 6.54 Å². The molecule has 8 heteroatoms. The Bertz CT molecular complexity index is 1880. The van der Waals surface area contributed by atoms with Crippen LogP contribution in [0, 0.1) is 5.92 Å². The molecule has 5 unspecified atom stereocenters. The SMILES string of the molecule is CC(=O)OC(C)C(=O)NCc1ccccc1-c1ccc(C2OC(CN(Cc3ccccc3)Cc3ccccc3)C(C)C(c3ccc(CO)cc3)O2)cc1. The van der Waals surface area contributed by atoms with Crippen molar-refractivity contribution in [1.29, 1.82) is 0 Å². The lowest BCUT2D eigenvalue weighted by atomic mass is 9.89. The second-order valence-electron chi connectivity index (χ2n) is 13.7. The van der Waals surface area contributed by atoms with E-state index >= 15 is 0 Å². The molecule has 8 nitrogen and oxygen atoms in total. The summed E-state index contributed by atoms with van der Waals surface area (Å²) < 4.78 is 18.7. The van der Waals surface area contributed by atoms with Crippen molar-refractivity contribution in [3.8, 4) is 11.1 Å². The summed E-state index contributed by atoms with van der Waals surface area (Å²) >= 11 is 0. The highest BCUT2D eigenvalue weighted by Gasteiger charge is 2.39. The van der Waals surface area contributed by atoms with Crippen LogP contribution in [-0.2, 0) is 50.0 Å². The third-order valence-corrected chi connectivity index (χ3v) is 9.74. The molecule has 5 atom stereocenters. The summed E-state index contributed by atoms with van der Waals surface area (Å²) in [5, 5.41) is 12.6. The molecular formula is C45H48N2O6. The zero-order valence-corrected chi connectivity index (χ0v) is 30.6. The van der Waals surface area contributed by atoms with Gasteiger partial charge in [0.1, 0.15) is 0 Å². The average molecular weight is 713 g/mol. The van der Waals surface area contributed by atoms with Crippen LogP contribution in [0.3, 0.4) is 0 Å². The van der Waals surface area contributed by atoms with E-state index in [9.17, 15) is 14.7 Å². The lowest BCUT2D eigenvalue weighted by Crippen LogP contribution is -2.44. The Morgan fingerprint density at radius 2 is 1.34 bits per heavy atom. The van der Waals surface area contributed by atoms with Gasteiger partial charge < -0.3 is 24.6 Å². The summed E-state index contributed by atoms with van der Waals surface area (Å²) in [6, 6.07) is 45.2. The fourth-order valence-electron chi connectivity index (χ4n) is 6.86. The van der Waals surface area contributed by atoms with Gasteiger partial charge in [0.2, 0.25) is 0 Å². The van der Waals surface area contributed by atoms with E-state index in [1.807, 2.05) is 72.8 Å². The van der Waals surface area contributed by atoms with Gasteiger partial charge >= 0.3 is 5.97 Å². The predicted molar refractivity (Wildman–Crippen MR) is 205 cm³/mol. The molecule has 0 aliphatic carbocycles.